The first-order chi connectivity index (χ1) is 13.7. The van der Waals surface area contributed by atoms with Gasteiger partial charge in [-0.15, -0.1) is 0 Å². The van der Waals surface area contributed by atoms with Gasteiger partial charge in [0.15, 0.2) is 5.76 Å². The molecule has 0 saturated heterocycles. The van der Waals surface area contributed by atoms with Crippen LogP contribution < -0.4 is 0 Å². The van der Waals surface area contributed by atoms with Crippen LogP contribution in [0.1, 0.15) is 44.6 Å². The molecular formula is C19H27O9P. The first kappa shape index (κ1) is 24.7. The molecular weight excluding hydrogens is 403 g/mol. The number of hydrogen-bond acceptors (Lipinski definition) is 7. The van der Waals surface area contributed by atoms with Crippen molar-refractivity contribution in [2.75, 3.05) is 6.61 Å². The van der Waals surface area contributed by atoms with E-state index in [1.54, 1.807) is 31.2 Å². The molecule has 0 aliphatic heterocycles. The van der Waals surface area contributed by atoms with Crippen LogP contribution in [0.4, 0.5) is 0 Å². The Bertz CT molecular complexity index is 799. The van der Waals surface area contributed by atoms with Crippen LogP contribution in [0.5, 0.6) is 11.5 Å². The molecule has 0 atom stereocenters. The van der Waals surface area contributed by atoms with E-state index in [2.05, 4.69) is 4.52 Å². The number of aromatic hydroxyl groups is 2. The minimum atomic E-state index is -4.72. The van der Waals surface area contributed by atoms with Crippen LogP contribution in [0, 0.1) is 0 Å². The normalized spacial score (nSPS) is 12.9. The van der Waals surface area contributed by atoms with Crippen molar-refractivity contribution in [3.05, 3.63) is 47.5 Å². The van der Waals surface area contributed by atoms with Crippen molar-refractivity contribution >= 4 is 13.8 Å². The highest BCUT2D eigenvalue weighted by Gasteiger charge is 2.22. The van der Waals surface area contributed by atoms with Gasteiger partial charge in [-0.3, -0.25) is 4.52 Å². The minimum Gasteiger partial charge on any atom is -0.502 e. The first-order valence-corrected chi connectivity index (χ1v) is 10.6. The summed E-state index contributed by atoms with van der Waals surface area (Å²) in [6.07, 6.45) is 11.0. The topological polar surface area (TPSA) is 147 Å². The number of phosphoric acid groups is 1. The van der Waals surface area contributed by atoms with E-state index in [4.69, 9.17) is 18.9 Å². The largest absolute Gasteiger partial charge is 0.502 e. The number of carbonyl (C=O) groups excluding carboxylic acids is 1. The van der Waals surface area contributed by atoms with Crippen molar-refractivity contribution in [1.29, 1.82) is 0 Å². The molecule has 0 aliphatic rings. The number of ether oxygens (including phenoxy) is 1. The first-order valence-electron chi connectivity index (χ1n) is 9.08. The van der Waals surface area contributed by atoms with E-state index in [9.17, 15) is 19.6 Å². The van der Waals surface area contributed by atoms with Crippen molar-refractivity contribution in [2.24, 2.45) is 0 Å². The van der Waals surface area contributed by atoms with Gasteiger partial charge in [0.1, 0.15) is 12.4 Å². The van der Waals surface area contributed by atoms with Crippen LogP contribution in [-0.4, -0.2) is 32.6 Å². The molecule has 0 radical (unpaired) electrons. The molecule has 162 valence electrons. The van der Waals surface area contributed by atoms with Crippen molar-refractivity contribution in [1.82, 2.24) is 0 Å². The molecule has 1 rings (SSSR count). The number of allylic oxidation sites excluding steroid dienone is 4. The highest BCUT2D eigenvalue weighted by Crippen LogP contribution is 2.42. The SMILES string of the molecule is C\C=C/C=C(\C=C/CCCCc1oc(COP(=O)(O)O)c(O)c1O)C(=O)OCC. The van der Waals surface area contributed by atoms with Crippen LogP contribution in [-0.2, 0) is 31.6 Å². The summed E-state index contributed by atoms with van der Waals surface area (Å²) in [7, 11) is -4.72. The van der Waals surface area contributed by atoms with Crippen molar-refractivity contribution in [2.45, 2.75) is 46.1 Å². The molecule has 29 heavy (non-hydrogen) atoms. The van der Waals surface area contributed by atoms with Crippen LogP contribution in [0.2, 0.25) is 0 Å². The van der Waals surface area contributed by atoms with Crippen LogP contribution in [0.15, 0.2) is 40.4 Å². The van der Waals surface area contributed by atoms with Crippen molar-refractivity contribution < 1.29 is 43.0 Å². The number of esters is 1. The van der Waals surface area contributed by atoms with Crippen LogP contribution in [0.25, 0.3) is 0 Å². The Kier molecular flexibility index (Phi) is 10.5. The average Bonchev–Trinajstić information content (AvgIpc) is 2.92. The second-order valence-electron chi connectivity index (χ2n) is 5.93. The zero-order valence-corrected chi connectivity index (χ0v) is 17.3. The summed E-state index contributed by atoms with van der Waals surface area (Å²) in [6, 6.07) is 0. The second-order valence-corrected chi connectivity index (χ2v) is 7.17. The Hall–Kier alpha value is -2.32. The van der Waals surface area contributed by atoms with Gasteiger partial charge in [-0.1, -0.05) is 24.3 Å². The van der Waals surface area contributed by atoms with Gasteiger partial charge in [-0.05, 0) is 39.2 Å². The van der Waals surface area contributed by atoms with Gasteiger partial charge in [0, 0.05) is 6.42 Å². The second kappa shape index (κ2) is 12.3. The zero-order valence-electron chi connectivity index (χ0n) is 16.4. The van der Waals surface area contributed by atoms with E-state index in [0.29, 0.717) is 37.9 Å². The fraction of sp³-hybridized carbons (Fsp3) is 0.421. The van der Waals surface area contributed by atoms with Gasteiger partial charge >= 0.3 is 13.8 Å². The van der Waals surface area contributed by atoms with Crippen molar-refractivity contribution in [3.63, 3.8) is 0 Å². The maximum atomic E-state index is 11.8. The smallest absolute Gasteiger partial charge is 0.470 e. The van der Waals surface area contributed by atoms with Gasteiger partial charge in [-0.2, -0.15) is 0 Å². The number of rotatable bonds is 12. The summed E-state index contributed by atoms with van der Waals surface area (Å²) in [5, 5.41) is 19.6. The Morgan fingerprint density at radius 3 is 2.48 bits per heavy atom. The van der Waals surface area contributed by atoms with E-state index in [0.717, 1.165) is 0 Å². The van der Waals surface area contributed by atoms with Gasteiger partial charge < -0.3 is 29.2 Å². The Labute approximate surface area is 169 Å². The van der Waals surface area contributed by atoms with Crippen molar-refractivity contribution in [3.8, 4) is 11.5 Å². The van der Waals surface area contributed by atoms with Gasteiger partial charge in [0.2, 0.25) is 11.5 Å². The summed E-state index contributed by atoms with van der Waals surface area (Å²) < 4.78 is 25.2. The molecule has 0 spiro atoms. The number of hydrogen-bond donors (Lipinski definition) is 4. The maximum absolute atomic E-state index is 11.8. The summed E-state index contributed by atoms with van der Waals surface area (Å²) in [6.45, 7) is 3.21. The molecule has 4 N–H and O–H groups in total. The molecule has 1 aromatic rings. The Morgan fingerprint density at radius 1 is 1.17 bits per heavy atom. The minimum absolute atomic E-state index is 0.107. The summed E-state index contributed by atoms with van der Waals surface area (Å²) in [4.78, 5) is 29.2. The number of aryl methyl sites for hydroxylation is 1. The summed E-state index contributed by atoms with van der Waals surface area (Å²) in [5.74, 6) is -1.61. The number of furan rings is 1. The molecule has 0 amide bonds. The van der Waals surface area contributed by atoms with E-state index >= 15 is 0 Å². The fourth-order valence-corrected chi connectivity index (χ4v) is 2.57. The summed E-state index contributed by atoms with van der Waals surface area (Å²) in [5.41, 5.74) is 0.438. The van der Waals surface area contributed by atoms with E-state index < -0.39 is 31.9 Å². The third-order valence-corrected chi connectivity index (χ3v) is 4.13. The van der Waals surface area contributed by atoms with Gasteiger partial charge in [-0.25, -0.2) is 9.36 Å². The molecule has 0 aliphatic carbocycles. The number of carbonyl (C=O) groups is 1. The summed E-state index contributed by atoms with van der Waals surface area (Å²) >= 11 is 0. The zero-order chi connectivity index (χ0) is 21.9. The van der Waals surface area contributed by atoms with Gasteiger partial charge in [0.05, 0.1) is 12.2 Å². The fourth-order valence-electron chi connectivity index (χ4n) is 2.28. The monoisotopic (exact) mass is 430 g/mol. The van der Waals surface area contributed by atoms with E-state index in [-0.39, 0.29) is 11.5 Å². The van der Waals surface area contributed by atoms with Crippen LogP contribution in [0.3, 0.4) is 0 Å². The Balaban J connectivity index is 2.54. The molecule has 0 saturated carbocycles. The Morgan fingerprint density at radius 2 is 1.86 bits per heavy atom. The predicted molar refractivity (Wildman–Crippen MR) is 105 cm³/mol. The standard InChI is InChI=1S/C19H27O9P/c1-3-5-10-14(19(22)26-4-2)11-8-6-7-9-12-15-17(20)18(21)16(28-15)13-27-29(23,24)25/h3,5,8,10-11,20-21H,4,6-7,9,12-13H2,1-2H3,(H2,23,24,25)/b5-3-,11-8-,14-10+. The predicted octanol–water partition coefficient (Wildman–Crippen LogP) is 3.63. The van der Waals surface area contributed by atoms with Gasteiger partial charge in [0.25, 0.3) is 0 Å². The number of phosphoric ester groups is 1. The third-order valence-electron chi connectivity index (χ3n) is 3.66. The lowest BCUT2D eigenvalue weighted by atomic mass is 10.1. The molecule has 1 aromatic heterocycles. The molecule has 10 heteroatoms. The molecule has 0 fully saturated rings. The van der Waals surface area contributed by atoms with E-state index in [1.165, 1.54) is 0 Å². The molecule has 0 bridgehead atoms. The average molecular weight is 430 g/mol. The third kappa shape index (κ3) is 9.15. The lowest BCUT2D eigenvalue weighted by Crippen LogP contribution is -2.05. The molecule has 1 heterocycles. The van der Waals surface area contributed by atoms with E-state index in [1.807, 2.05) is 13.0 Å². The molecule has 0 unspecified atom stereocenters. The molecule has 0 aromatic carbocycles. The lowest BCUT2D eigenvalue weighted by molar-refractivity contribution is -0.138. The highest BCUT2D eigenvalue weighted by atomic mass is 31.2. The molecule has 9 nitrogen and oxygen atoms in total. The number of unbranched alkanes of at least 4 members (excludes halogenated alkanes) is 2. The quantitative estimate of drug-likeness (QED) is 0.128. The lowest BCUT2D eigenvalue weighted by Gasteiger charge is -2.02. The highest BCUT2D eigenvalue weighted by molar-refractivity contribution is 7.46. The van der Waals surface area contributed by atoms with Crippen LogP contribution >= 0.6 is 7.82 Å². The maximum Gasteiger partial charge on any atom is 0.470 e.